The van der Waals surface area contributed by atoms with E-state index in [1.165, 1.54) is 39.2 Å². The van der Waals surface area contributed by atoms with E-state index in [1.807, 2.05) is 6.92 Å². The van der Waals surface area contributed by atoms with Crippen molar-refractivity contribution in [3.8, 4) is 0 Å². The van der Waals surface area contributed by atoms with Gasteiger partial charge in [0, 0.05) is 0 Å². The highest BCUT2D eigenvalue weighted by molar-refractivity contribution is 5.71. The number of unbranched alkanes of at least 4 members (excludes halogenated alkanes) is 2. The van der Waals surface area contributed by atoms with E-state index in [4.69, 9.17) is 4.74 Å². The summed E-state index contributed by atoms with van der Waals surface area (Å²) in [5.74, 6) is 1.75. The van der Waals surface area contributed by atoms with Gasteiger partial charge in [0.25, 0.3) is 0 Å². The Bertz CT molecular complexity index is 201. The maximum atomic E-state index is 11.2. The van der Waals surface area contributed by atoms with Crippen LogP contribution >= 0.6 is 0 Å². The van der Waals surface area contributed by atoms with Crippen LogP contribution in [0.2, 0.25) is 0 Å². The third-order valence-corrected chi connectivity index (χ3v) is 3.51. The van der Waals surface area contributed by atoms with Crippen molar-refractivity contribution in [1.29, 1.82) is 0 Å². The molecule has 1 aliphatic carbocycles. The Morgan fingerprint density at radius 3 is 2.73 bits per heavy atom. The fraction of sp³-hybridized carbons (Fsp3) is 0.923. The lowest BCUT2D eigenvalue weighted by atomic mass is 10.0. The summed E-state index contributed by atoms with van der Waals surface area (Å²) in [6.07, 6.45) is 7.76. The van der Waals surface area contributed by atoms with Gasteiger partial charge in [-0.05, 0) is 24.7 Å². The van der Waals surface area contributed by atoms with Gasteiger partial charge in [0.05, 0.1) is 13.0 Å². The third-order valence-electron chi connectivity index (χ3n) is 3.51. The minimum absolute atomic E-state index is 0.0470. The second kappa shape index (κ2) is 6.14. The van der Waals surface area contributed by atoms with Crippen molar-refractivity contribution in [2.75, 3.05) is 7.11 Å². The molecule has 1 saturated carbocycles. The molecule has 2 heteroatoms. The summed E-state index contributed by atoms with van der Waals surface area (Å²) in [7, 11) is 1.48. The highest BCUT2D eigenvalue weighted by Crippen LogP contribution is 2.46. The number of ether oxygens (including phenoxy) is 1. The number of esters is 1. The van der Waals surface area contributed by atoms with E-state index in [-0.39, 0.29) is 11.9 Å². The second-order valence-electron chi connectivity index (χ2n) is 4.91. The smallest absolute Gasteiger partial charge is 0.308 e. The van der Waals surface area contributed by atoms with E-state index in [9.17, 15) is 4.79 Å². The Balaban J connectivity index is 2.08. The summed E-state index contributed by atoms with van der Waals surface area (Å²) in [5.41, 5.74) is 0. The number of rotatable bonds is 7. The molecule has 0 radical (unpaired) electrons. The summed E-state index contributed by atoms with van der Waals surface area (Å²) < 4.78 is 4.74. The van der Waals surface area contributed by atoms with Crippen molar-refractivity contribution in [2.24, 2.45) is 17.8 Å². The molecule has 1 rings (SSSR count). The zero-order chi connectivity index (χ0) is 11.3. The summed E-state index contributed by atoms with van der Waals surface area (Å²) in [6, 6.07) is 0. The second-order valence-corrected chi connectivity index (χ2v) is 4.91. The highest BCUT2D eigenvalue weighted by Gasteiger charge is 2.38. The average molecular weight is 212 g/mol. The Morgan fingerprint density at radius 2 is 2.13 bits per heavy atom. The van der Waals surface area contributed by atoms with Crippen molar-refractivity contribution in [3.05, 3.63) is 0 Å². The van der Waals surface area contributed by atoms with Gasteiger partial charge in [-0.15, -0.1) is 0 Å². The molecular formula is C13H24O2. The molecule has 1 fully saturated rings. The molecule has 0 saturated heterocycles. The maximum absolute atomic E-state index is 11.2. The van der Waals surface area contributed by atoms with Gasteiger partial charge < -0.3 is 4.74 Å². The molecule has 3 atom stereocenters. The van der Waals surface area contributed by atoms with E-state index in [0.29, 0.717) is 0 Å². The Kier molecular flexibility index (Phi) is 5.13. The maximum Gasteiger partial charge on any atom is 0.308 e. The first-order chi connectivity index (χ1) is 7.19. The van der Waals surface area contributed by atoms with Crippen LogP contribution in [0.15, 0.2) is 0 Å². The summed E-state index contributed by atoms with van der Waals surface area (Å²) in [4.78, 5) is 11.2. The SMILES string of the molecule is CCCCC[C@@H]1C[C@H]1CC(C)C(=O)OC. The molecule has 1 unspecified atom stereocenters. The number of hydrogen-bond donors (Lipinski definition) is 0. The standard InChI is InChI=1S/C13H24O2/c1-4-5-6-7-11-9-12(11)8-10(2)13(14)15-3/h10-12H,4-9H2,1-3H3/t10?,11-,12-/m1/s1. The fourth-order valence-electron chi connectivity index (χ4n) is 2.36. The van der Waals surface area contributed by atoms with Crippen molar-refractivity contribution in [3.63, 3.8) is 0 Å². The molecule has 0 spiro atoms. The monoisotopic (exact) mass is 212 g/mol. The van der Waals surface area contributed by atoms with E-state index in [2.05, 4.69) is 6.92 Å². The van der Waals surface area contributed by atoms with Crippen molar-refractivity contribution >= 4 is 5.97 Å². The number of carbonyl (C=O) groups is 1. The molecule has 0 aromatic rings. The Morgan fingerprint density at radius 1 is 1.40 bits per heavy atom. The first-order valence-corrected chi connectivity index (χ1v) is 6.26. The fourth-order valence-corrected chi connectivity index (χ4v) is 2.36. The van der Waals surface area contributed by atoms with Crippen LogP contribution < -0.4 is 0 Å². The quantitative estimate of drug-likeness (QED) is 0.477. The number of hydrogen-bond acceptors (Lipinski definition) is 2. The van der Waals surface area contributed by atoms with Crippen LogP contribution in [0, 0.1) is 17.8 Å². The topological polar surface area (TPSA) is 26.3 Å². The average Bonchev–Trinajstić information content (AvgIpc) is 2.96. The number of methoxy groups -OCH3 is 1. The van der Waals surface area contributed by atoms with Gasteiger partial charge in [0.2, 0.25) is 0 Å². The van der Waals surface area contributed by atoms with Gasteiger partial charge in [-0.3, -0.25) is 4.79 Å². The molecule has 88 valence electrons. The molecule has 0 aromatic carbocycles. The van der Waals surface area contributed by atoms with E-state index < -0.39 is 0 Å². The molecule has 0 aromatic heterocycles. The van der Waals surface area contributed by atoms with Gasteiger partial charge in [0.15, 0.2) is 0 Å². The lowest BCUT2D eigenvalue weighted by Crippen LogP contribution is -2.13. The summed E-state index contributed by atoms with van der Waals surface area (Å²) in [5, 5.41) is 0. The van der Waals surface area contributed by atoms with Crippen LogP contribution in [-0.4, -0.2) is 13.1 Å². The molecule has 0 bridgehead atoms. The van der Waals surface area contributed by atoms with Gasteiger partial charge in [-0.2, -0.15) is 0 Å². The van der Waals surface area contributed by atoms with E-state index in [0.717, 1.165) is 18.3 Å². The summed E-state index contributed by atoms with van der Waals surface area (Å²) in [6.45, 7) is 4.22. The number of carbonyl (C=O) groups excluding carboxylic acids is 1. The normalized spacial score (nSPS) is 26.1. The van der Waals surface area contributed by atoms with Crippen molar-refractivity contribution in [1.82, 2.24) is 0 Å². The van der Waals surface area contributed by atoms with Crippen LogP contribution in [0.1, 0.15) is 52.4 Å². The minimum atomic E-state index is -0.0470. The predicted molar refractivity (Wildman–Crippen MR) is 61.5 cm³/mol. The first-order valence-electron chi connectivity index (χ1n) is 6.26. The van der Waals surface area contributed by atoms with Gasteiger partial charge in [-0.1, -0.05) is 39.5 Å². The van der Waals surface area contributed by atoms with E-state index >= 15 is 0 Å². The molecule has 2 nitrogen and oxygen atoms in total. The Hall–Kier alpha value is -0.530. The minimum Gasteiger partial charge on any atom is -0.469 e. The lowest BCUT2D eigenvalue weighted by Gasteiger charge is -2.08. The molecule has 0 N–H and O–H groups in total. The molecular weight excluding hydrogens is 188 g/mol. The molecule has 15 heavy (non-hydrogen) atoms. The summed E-state index contributed by atoms with van der Waals surface area (Å²) >= 11 is 0. The van der Waals surface area contributed by atoms with Crippen LogP contribution in [0.3, 0.4) is 0 Å². The third kappa shape index (κ3) is 4.23. The first kappa shape index (κ1) is 12.5. The van der Waals surface area contributed by atoms with Crippen LogP contribution in [0.4, 0.5) is 0 Å². The molecule has 0 heterocycles. The molecule has 0 amide bonds. The van der Waals surface area contributed by atoms with Gasteiger partial charge >= 0.3 is 5.97 Å². The van der Waals surface area contributed by atoms with Crippen LogP contribution in [0.5, 0.6) is 0 Å². The van der Waals surface area contributed by atoms with Gasteiger partial charge in [0.1, 0.15) is 0 Å². The van der Waals surface area contributed by atoms with Crippen molar-refractivity contribution < 1.29 is 9.53 Å². The van der Waals surface area contributed by atoms with Gasteiger partial charge in [-0.25, -0.2) is 0 Å². The van der Waals surface area contributed by atoms with Crippen LogP contribution in [0.25, 0.3) is 0 Å². The zero-order valence-electron chi connectivity index (χ0n) is 10.3. The Labute approximate surface area is 93.4 Å². The predicted octanol–water partition coefficient (Wildman–Crippen LogP) is 3.40. The molecule has 1 aliphatic rings. The van der Waals surface area contributed by atoms with Crippen molar-refractivity contribution in [2.45, 2.75) is 52.4 Å². The largest absolute Gasteiger partial charge is 0.469 e. The van der Waals surface area contributed by atoms with E-state index in [1.54, 1.807) is 0 Å². The lowest BCUT2D eigenvalue weighted by molar-refractivity contribution is -0.145. The molecule has 0 aliphatic heterocycles. The highest BCUT2D eigenvalue weighted by atomic mass is 16.5. The van der Waals surface area contributed by atoms with Crippen LogP contribution in [-0.2, 0) is 9.53 Å². The zero-order valence-corrected chi connectivity index (χ0v) is 10.3.